The van der Waals surface area contributed by atoms with Crippen molar-refractivity contribution in [3.63, 3.8) is 0 Å². The second kappa shape index (κ2) is 3.06. The van der Waals surface area contributed by atoms with Crippen molar-refractivity contribution >= 4 is 28.3 Å². The topological polar surface area (TPSA) is 47.8 Å². The second-order valence-corrected chi connectivity index (χ2v) is 3.38. The number of carbonyl (C=O) groups is 1. The molecule has 2 aromatic rings. The van der Waals surface area contributed by atoms with Crippen LogP contribution in [0.3, 0.4) is 0 Å². The zero-order valence-electron chi connectivity index (χ0n) is 7.78. The number of Topliss-reactive ketones (excluding diaryl/α,β-unsaturated/α-hetero) is 1. The molecule has 0 saturated heterocycles. The maximum absolute atomic E-state index is 11.3. The Hall–Kier alpha value is -1.42. The Morgan fingerprint density at radius 1 is 1.57 bits per heavy atom. The minimum absolute atomic E-state index is 0.106. The minimum Gasteiger partial charge on any atom is -0.293 e. The van der Waals surface area contributed by atoms with Gasteiger partial charge in [0.2, 0.25) is 0 Å². The molecule has 0 N–H and O–H groups in total. The van der Waals surface area contributed by atoms with Gasteiger partial charge in [-0.25, -0.2) is 4.98 Å². The molecule has 0 spiro atoms. The molecule has 14 heavy (non-hydrogen) atoms. The van der Waals surface area contributed by atoms with Crippen LogP contribution < -0.4 is 0 Å². The van der Waals surface area contributed by atoms with E-state index in [0.717, 1.165) is 5.52 Å². The average Bonchev–Trinajstić information content (AvgIpc) is 2.46. The zero-order valence-corrected chi connectivity index (χ0v) is 8.54. The number of hydrogen-bond acceptors (Lipinski definition) is 3. The van der Waals surface area contributed by atoms with Crippen molar-refractivity contribution in [2.24, 2.45) is 7.05 Å². The van der Waals surface area contributed by atoms with Crippen LogP contribution in [0.1, 0.15) is 17.4 Å². The number of aromatic nitrogens is 3. The van der Waals surface area contributed by atoms with E-state index in [4.69, 9.17) is 11.6 Å². The zero-order chi connectivity index (χ0) is 10.3. The highest BCUT2D eigenvalue weighted by Crippen LogP contribution is 2.24. The fraction of sp³-hybridized carbons (Fsp3) is 0.222. The highest BCUT2D eigenvalue weighted by molar-refractivity contribution is 6.35. The Morgan fingerprint density at radius 2 is 2.29 bits per heavy atom. The lowest BCUT2D eigenvalue weighted by Gasteiger charge is -1.93. The van der Waals surface area contributed by atoms with Crippen LogP contribution in [0.4, 0.5) is 0 Å². The quantitative estimate of drug-likeness (QED) is 0.532. The van der Waals surface area contributed by atoms with E-state index in [-0.39, 0.29) is 5.78 Å². The molecule has 4 nitrogen and oxygen atoms in total. The van der Waals surface area contributed by atoms with Crippen molar-refractivity contribution in [2.75, 3.05) is 0 Å². The lowest BCUT2D eigenvalue weighted by atomic mass is 10.2. The molecule has 5 heteroatoms. The summed E-state index contributed by atoms with van der Waals surface area (Å²) < 4.78 is 1.62. The summed E-state index contributed by atoms with van der Waals surface area (Å²) >= 11 is 5.90. The lowest BCUT2D eigenvalue weighted by Crippen LogP contribution is -1.96. The van der Waals surface area contributed by atoms with Gasteiger partial charge in [0.25, 0.3) is 0 Å². The van der Waals surface area contributed by atoms with E-state index in [9.17, 15) is 4.79 Å². The van der Waals surface area contributed by atoms with Crippen molar-refractivity contribution in [1.29, 1.82) is 0 Å². The third kappa shape index (κ3) is 1.19. The van der Waals surface area contributed by atoms with E-state index in [1.807, 2.05) is 0 Å². The first-order valence-corrected chi connectivity index (χ1v) is 4.47. The van der Waals surface area contributed by atoms with Crippen molar-refractivity contribution in [3.05, 3.63) is 23.1 Å². The average molecular weight is 210 g/mol. The number of rotatable bonds is 1. The summed E-state index contributed by atoms with van der Waals surface area (Å²) in [6.07, 6.45) is 1.59. The third-order valence-electron chi connectivity index (χ3n) is 2.05. The molecule has 2 heterocycles. The van der Waals surface area contributed by atoms with E-state index in [1.54, 1.807) is 24.0 Å². The van der Waals surface area contributed by atoms with Gasteiger partial charge in [-0.1, -0.05) is 11.6 Å². The van der Waals surface area contributed by atoms with Gasteiger partial charge in [-0.2, -0.15) is 5.10 Å². The largest absolute Gasteiger partial charge is 0.293 e. The Balaban J connectivity index is 2.93. The number of pyridine rings is 1. The summed E-state index contributed by atoms with van der Waals surface area (Å²) in [5.41, 5.74) is 1.19. The molecular formula is C9H8ClN3O. The number of aryl methyl sites for hydroxylation is 1. The van der Waals surface area contributed by atoms with Crippen molar-refractivity contribution < 1.29 is 4.79 Å². The molecule has 0 aromatic carbocycles. The third-order valence-corrected chi connectivity index (χ3v) is 2.34. The molecule has 0 radical (unpaired) electrons. The molecule has 2 rings (SSSR count). The van der Waals surface area contributed by atoms with Crippen molar-refractivity contribution in [3.8, 4) is 0 Å². The number of halogens is 1. The van der Waals surface area contributed by atoms with Gasteiger partial charge in [0.1, 0.15) is 10.8 Å². The van der Waals surface area contributed by atoms with Crippen LogP contribution in [0.25, 0.3) is 10.9 Å². The molecule has 2 aromatic heterocycles. The Bertz CT molecular complexity index is 518. The van der Waals surface area contributed by atoms with Crippen LogP contribution in [0.5, 0.6) is 0 Å². The number of carbonyl (C=O) groups excluding carboxylic acids is 1. The minimum atomic E-state index is -0.106. The Kier molecular flexibility index (Phi) is 2.00. The molecule has 0 aliphatic carbocycles. The van der Waals surface area contributed by atoms with Gasteiger partial charge in [0, 0.05) is 20.2 Å². The van der Waals surface area contributed by atoms with Crippen LogP contribution in [-0.4, -0.2) is 20.5 Å². The first kappa shape index (κ1) is 9.15. The van der Waals surface area contributed by atoms with Crippen LogP contribution in [0.2, 0.25) is 5.15 Å². The maximum Gasteiger partial charge on any atom is 0.180 e. The summed E-state index contributed by atoms with van der Waals surface area (Å²) in [4.78, 5) is 15.2. The van der Waals surface area contributed by atoms with E-state index in [1.165, 1.54) is 6.92 Å². The fourth-order valence-electron chi connectivity index (χ4n) is 1.42. The fourth-order valence-corrected chi connectivity index (χ4v) is 1.66. The predicted molar refractivity (Wildman–Crippen MR) is 53.5 cm³/mol. The molecule has 0 aliphatic rings. The molecule has 0 bridgehead atoms. The molecule has 0 amide bonds. The van der Waals surface area contributed by atoms with Crippen molar-refractivity contribution in [2.45, 2.75) is 6.92 Å². The number of fused-ring (bicyclic) bond motifs is 1. The van der Waals surface area contributed by atoms with Gasteiger partial charge in [0.05, 0.1) is 10.9 Å². The summed E-state index contributed by atoms with van der Waals surface area (Å²) in [6.45, 7) is 1.46. The smallest absolute Gasteiger partial charge is 0.180 e. The summed E-state index contributed by atoms with van der Waals surface area (Å²) in [6, 6.07) is 1.78. The van der Waals surface area contributed by atoms with Gasteiger partial charge < -0.3 is 0 Å². The normalized spacial score (nSPS) is 10.8. The molecule has 0 unspecified atom stereocenters. The van der Waals surface area contributed by atoms with Crippen LogP contribution >= 0.6 is 11.6 Å². The van der Waals surface area contributed by atoms with Crippen molar-refractivity contribution in [1.82, 2.24) is 14.8 Å². The van der Waals surface area contributed by atoms with E-state index in [0.29, 0.717) is 16.2 Å². The summed E-state index contributed by atoms with van der Waals surface area (Å²) in [5, 5.41) is 5.04. The number of hydrogen-bond donors (Lipinski definition) is 0. The molecule has 72 valence electrons. The van der Waals surface area contributed by atoms with Crippen LogP contribution in [-0.2, 0) is 7.05 Å². The number of ketones is 1. The Labute approximate surface area is 85.5 Å². The highest BCUT2D eigenvalue weighted by atomic mass is 35.5. The number of nitrogens with zero attached hydrogens (tertiary/aromatic N) is 3. The monoisotopic (exact) mass is 209 g/mol. The standard InChI is InChI=1S/C9H8ClN3O/c1-5(14)8-7-6(13(2)12-8)3-4-11-9(7)10/h3-4H,1-2H3. The molecule has 0 saturated carbocycles. The summed E-state index contributed by atoms with van der Waals surface area (Å²) in [5.74, 6) is -0.106. The van der Waals surface area contributed by atoms with Gasteiger partial charge in [0.15, 0.2) is 5.78 Å². The molecule has 0 fully saturated rings. The van der Waals surface area contributed by atoms with Crippen LogP contribution in [0.15, 0.2) is 12.3 Å². The SMILES string of the molecule is CC(=O)c1nn(C)c2ccnc(Cl)c12. The highest BCUT2D eigenvalue weighted by Gasteiger charge is 2.15. The van der Waals surface area contributed by atoms with E-state index < -0.39 is 0 Å². The lowest BCUT2D eigenvalue weighted by molar-refractivity contribution is 0.101. The predicted octanol–water partition coefficient (Wildman–Crippen LogP) is 1.82. The maximum atomic E-state index is 11.3. The summed E-state index contributed by atoms with van der Waals surface area (Å²) in [7, 11) is 1.77. The Morgan fingerprint density at radius 3 is 2.93 bits per heavy atom. The molecule has 0 aliphatic heterocycles. The second-order valence-electron chi connectivity index (χ2n) is 3.02. The van der Waals surface area contributed by atoms with E-state index in [2.05, 4.69) is 10.1 Å². The first-order chi connectivity index (χ1) is 6.61. The van der Waals surface area contributed by atoms with Gasteiger partial charge >= 0.3 is 0 Å². The van der Waals surface area contributed by atoms with Gasteiger partial charge in [-0.3, -0.25) is 9.48 Å². The first-order valence-electron chi connectivity index (χ1n) is 4.09. The van der Waals surface area contributed by atoms with E-state index >= 15 is 0 Å². The molecular weight excluding hydrogens is 202 g/mol. The van der Waals surface area contributed by atoms with Crippen LogP contribution in [0, 0.1) is 0 Å². The van der Waals surface area contributed by atoms with Gasteiger partial charge in [-0.15, -0.1) is 0 Å². The molecule has 0 atom stereocenters. The van der Waals surface area contributed by atoms with Gasteiger partial charge in [-0.05, 0) is 6.07 Å².